The van der Waals surface area contributed by atoms with Crippen molar-refractivity contribution in [3.63, 3.8) is 0 Å². The first kappa shape index (κ1) is 33.1. The monoisotopic (exact) mass is 530 g/mol. The molecule has 220 valence electrons. The summed E-state index contributed by atoms with van der Waals surface area (Å²) in [7, 11) is 0. The minimum atomic E-state index is -0.0940. The maximum Gasteiger partial charge on any atom is 0.334 e. The summed E-state index contributed by atoms with van der Waals surface area (Å²) in [6, 6.07) is 0. The number of esters is 1. The molecule has 0 saturated carbocycles. The molecule has 2 rings (SSSR count). The van der Waals surface area contributed by atoms with Crippen LogP contribution >= 0.6 is 0 Å². The molecule has 38 heavy (non-hydrogen) atoms. The van der Waals surface area contributed by atoms with Crippen LogP contribution in [-0.2, 0) is 14.3 Å². The highest BCUT2D eigenvalue weighted by atomic mass is 16.6. The summed E-state index contributed by atoms with van der Waals surface area (Å²) in [5.41, 5.74) is 0.895. The number of allylic oxidation sites excluding steroid dienone is 2. The zero-order valence-corrected chi connectivity index (χ0v) is 25.4. The van der Waals surface area contributed by atoms with Crippen LogP contribution in [0.15, 0.2) is 23.8 Å². The van der Waals surface area contributed by atoms with Crippen LogP contribution in [0.5, 0.6) is 0 Å². The van der Waals surface area contributed by atoms with Gasteiger partial charge in [-0.1, -0.05) is 135 Å². The first-order chi connectivity index (χ1) is 18.7. The van der Waals surface area contributed by atoms with Crippen molar-refractivity contribution in [3.8, 4) is 0 Å². The standard InChI is InChI=1S/C35H62O3/c1-3-4-5-6-7-8-9-10-11-12-16-19-22-25-28-33-34(38-33)29-26-23-20-17-14-13-15-18-21-24-27-32-30-31(2)37-35(32)36/h19,22,30-31,33-34H,3-18,20-21,23-29H2,1-2H3/b22-19-/t31?,33-,34+/m0/s1. The van der Waals surface area contributed by atoms with Gasteiger partial charge in [0.2, 0.25) is 0 Å². The molecule has 0 aromatic heterocycles. The fourth-order valence-corrected chi connectivity index (χ4v) is 5.82. The van der Waals surface area contributed by atoms with Gasteiger partial charge in [0, 0.05) is 5.57 Å². The quantitative estimate of drug-likeness (QED) is 0.0459. The van der Waals surface area contributed by atoms with E-state index in [1.165, 1.54) is 148 Å². The number of rotatable bonds is 27. The summed E-state index contributed by atoms with van der Waals surface area (Å²) in [5.74, 6) is -0.0940. The lowest BCUT2D eigenvalue weighted by Crippen LogP contribution is -2.03. The predicted octanol–water partition coefficient (Wildman–Crippen LogP) is 11.0. The molecule has 0 bridgehead atoms. The fraction of sp³-hybridized carbons (Fsp3) is 0.857. The lowest BCUT2D eigenvalue weighted by molar-refractivity contribution is -0.139. The number of hydrogen-bond acceptors (Lipinski definition) is 3. The van der Waals surface area contributed by atoms with Crippen molar-refractivity contribution in [2.24, 2.45) is 0 Å². The summed E-state index contributed by atoms with van der Waals surface area (Å²) < 4.78 is 11.1. The van der Waals surface area contributed by atoms with Gasteiger partial charge in [-0.25, -0.2) is 4.79 Å². The van der Waals surface area contributed by atoms with Crippen LogP contribution in [-0.4, -0.2) is 24.3 Å². The molecule has 0 aromatic carbocycles. The smallest absolute Gasteiger partial charge is 0.334 e. The van der Waals surface area contributed by atoms with Crippen molar-refractivity contribution < 1.29 is 14.3 Å². The van der Waals surface area contributed by atoms with E-state index in [0.717, 1.165) is 18.4 Å². The molecule has 0 N–H and O–H groups in total. The Bertz CT molecular complexity index is 637. The minimum absolute atomic E-state index is 0.0213. The average Bonchev–Trinajstić information content (AvgIpc) is 3.58. The Kier molecular flexibility index (Phi) is 19.8. The van der Waals surface area contributed by atoms with E-state index in [1.54, 1.807) is 0 Å². The van der Waals surface area contributed by atoms with E-state index in [2.05, 4.69) is 19.1 Å². The van der Waals surface area contributed by atoms with Crippen molar-refractivity contribution in [1.82, 2.24) is 0 Å². The Hall–Kier alpha value is -1.09. The molecule has 3 nitrogen and oxygen atoms in total. The van der Waals surface area contributed by atoms with Gasteiger partial charge >= 0.3 is 5.97 Å². The van der Waals surface area contributed by atoms with E-state index in [-0.39, 0.29) is 12.1 Å². The summed E-state index contributed by atoms with van der Waals surface area (Å²) in [6.45, 7) is 4.22. The zero-order valence-electron chi connectivity index (χ0n) is 25.4. The topological polar surface area (TPSA) is 38.8 Å². The molecule has 3 atom stereocenters. The first-order valence-electron chi connectivity index (χ1n) is 16.9. The predicted molar refractivity (Wildman–Crippen MR) is 163 cm³/mol. The number of unbranched alkanes of at least 4 members (excludes halogenated alkanes) is 19. The molecule has 1 fully saturated rings. The summed E-state index contributed by atoms with van der Waals surface area (Å²) in [4.78, 5) is 11.6. The molecule has 3 heteroatoms. The van der Waals surface area contributed by atoms with Crippen LogP contribution in [0.25, 0.3) is 0 Å². The third-order valence-electron chi connectivity index (χ3n) is 8.37. The molecule has 1 saturated heterocycles. The van der Waals surface area contributed by atoms with E-state index < -0.39 is 0 Å². The van der Waals surface area contributed by atoms with E-state index in [0.29, 0.717) is 12.2 Å². The Morgan fingerprint density at radius 1 is 0.632 bits per heavy atom. The molecule has 0 aliphatic carbocycles. The molecule has 0 radical (unpaired) electrons. The third-order valence-corrected chi connectivity index (χ3v) is 8.37. The van der Waals surface area contributed by atoms with Crippen molar-refractivity contribution in [2.45, 2.75) is 193 Å². The van der Waals surface area contributed by atoms with Crippen LogP contribution in [0, 0.1) is 0 Å². The first-order valence-corrected chi connectivity index (χ1v) is 16.9. The summed E-state index contributed by atoms with van der Waals surface area (Å²) in [6.07, 6.45) is 41.2. The van der Waals surface area contributed by atoms with Gasteiger partial charge in [-0.3, -0.25) is 0 Å². The highest BCUT2D eigenvalue weighted by molar-refractivity contribution is 5.90. The van der Waals surface area contributed by atoms with E-state index >= 15 is 0 Å². The Balaban J connectivity index is 1.23. The van der Waals surface area contributed by atoms with Crippen LogP contribution in [0.4, 0.5) is 0 Å². The van der Waals surface area contributed by atoms with Crippen LogP contribution in [0.2, 0.25) is 0 Å². The van der Waals surface area contributed by atoms with Crippen LogP contribution in [0.3, 0.4) is 0 Å². The van der Waals surface area contributed by atoms with Gasteiger partial charge in [-0.2, -0.15) is 0 Å². The molecular weight excluding hydrogens is 468 g/mol. The molecule has 0 aromatic rings. The Morgan fingerprint density at radius 3 is 1.71 bits per heavy atom. The maximum absolute atomic E-state index is 11.6. The van der Waals surface area contributed by atoms with E-state index in [4.69, 9.17) is 9.47 Å². The fourth-order valence-electron chi connectivity index (χ4n) is 5.82. The van der Waals surface area contributed by atoms with Gasteiger partial charge in [0.25, 0.3) is 0 Å². The van der Waals surface area contributed by atoms with Crippen LogP contribution in [0.1, 0.15) is 174 Å². The van der Waals surface area contributed by atoms with Gasteiger partial charge in [-0.05, 0) is 57.9 Å². The van der Waals surface area contributed by atoms with Crippen molar-refractivity contribution in [2.75, 3.05) is 0 Å². The average molecular weight is 531 g/mol. The van der Waals surface area contributed by atoms with Gasteiger partial charge in [-0.15, -0.1) is 0 Å². The second-order valence-corrected chi connectivity index (χ2v) is 12.1. The van der Waals surface area contributed by atoms with Gasteiger partial charge in [0.1, 0.15) is 6.10 Å². The second-order valence-electron chi connectivity index (χ2n) is 12.1. The molecule has 1 unspecified atom stereocenters. The van der Waals surface area contributed by atoms with Crippen molar-refractivity contribution in [1.29, 1.82) is 0 Å². The number of ether oxygens (including phenoxy) is 2. The van der Waals surface area contributed by atoms with Gasteiger partial charge < -0.3 is 9.47 Å². The highest BCUT2D eigenvalue weighted by Crippen LogP contribution is 2.31. The number of carbonyl (C=O) groups is 1. The molecular formula is C35H62O3. The lowest BCUT2D eigenvalue weighted by atomic mass is 10.0. The lowest BCUT2D eigenvalue weighted by Gasteiger charge is -2.03. The molecule has 2 heterocycles. The number of cyclic esters (lactones) is 1. The Morgan fingerprint density at radius 2 is 1.13 bits per heavy atom. The molecule has 0 amide bonds. The number of hydrogen-bond donors (Lipinski definition) is 0. The van der Waals surface area contributed by atoms with Crippen LogP contribution < -0.4 is 0 Å². The molecule has 2 aliphatic heterocycles. The van der Waals surface area contributed by atoms with E-state index in [9.17, 15) is 4.79 Å². The SMILES string of the molecule is CCCCCCCCCCCC/C=C\CC[C@@H]1O[C@@H]1CCCCCCCCCCCCC1=CC(C)OC1=O. The van der Waals surface area contributed by atoms with Crippen molar-refractivity contribution >= 4 is 5.97 Å². The third kappa shape index (κ3) is 17.5. The van der Waals surface area contributed by atoms with Crippen molar-refractivity contribution in [3.05, 3.63) is 23.8 Å². The maximum atomic E-state index is 11.6. The largest absolute Gasteiger partial charge is 0.455 e. The summed E-state index contributed by atoms with van der Waals surface area (Å²) >= 11 is 0. The Labute approximate surface area is 236 Å². The zero-order chi connectivity index (χ0) is 27.1. The number of epoxide rings is 1. The van der Waals surface area contributed by atoms with Gasteiger partial charge in [0.15, 0.2) is 0 Å². The number of carbonyl (C=O) groups excluding carboxylic acids is 1. The summed E-state index contributed by atoms with van der Waals surface area (Å²) in [5, 5.41) is 0. The molecule has 2 aliphatic rings. The minimum Gasteiger partial charge on any atom is -0.455 e. The van der Waals surface area contributed by atoms with E-state index in [1.807, 2.05) is 13.0 Å². The second kappa shape index (κ2) is 22.7. The molecule has 0 spiro atoms. The highest BCUT2D eigenvalue weighted by Gasteiger charge is 2.36. The normalized spacial score (nSPS) is 20.8. The van der Waals surface area contributed by atoms with Gasteiger partial charge in [0.05, 0.1) is 12.2 Å².